The van der Waals surface area contributed by atoms with Crippen LogP contribution in [-0.4, -0.2) is 41.8 Å². The molecule has 0 aliphatic heterocycles. The summed E-state index contributed by atoms with van der Waals surface area (Å²) in [5.74, 6) is 0.741. The highest BCUT2D eigenvalue weighted by atomic mass is 35.5. The van der Waals surface area contributed by atoms with Gasteiger partial charge in [0, 0.05) is 11.6 Å². The number of hydrogen-bond acceptors (Lipinski definition) is 7. The van der Waals surface area contributed by atoms with Crippen molar-refractivity contribution in [3.05, 3.63) is 76.1 Å². The normalized spacial score (nSPS) is 11.2. The summed E-state index contributed by atoms with van der Waals surface area (Å²) in [5, 5.41) is 1.03. The summed E-state index contributed by atoms with van der Waals surface area (Å²) < 4.78 is 16.5. The number of carbonyl (C=O) groups is 1. The molecular formula is C25H26Cl2N2O4S. The zero-order chi connectivity index (χ0) is 24.7. The fraction of sp³-hybridized carbons (Fsp3) is 0.320. The number of halogens is 2. The SMILES string of the molecule is COC(=O)c1cc(C(C)(C)c2ccc(OCc3ccnc(SC)n3)cc2)cc(Cl)c1OCCCl. The van der Waals surface area contributed by atoms with Crippen LogP contribution in [0.2, 0.25) is 5.02 Å². The highest BCUT2D eigenvalue weighted by molar-refractivity contribution is 7.98. The summed E-state index contributed by atoms with van der Waals surface area (Å²) >= 11 is 13.7. The van der Waals surface area contributed by atoms with Crippen LogP contribution in [0, 0.1) is 0 Å². The first-order chi connectivity index (χ1) is 16.3. The standard InChI is InChI=1S/C25H26Cl2N2O4S/c1-25(2,17-13-20(23(30)31-3)22(21(27)14-17)32-12-10-26)16-5-7-19(8-6-16)33-15-18-9-11-28-24(29-18)34-4/h5-9,11,13-14H,10,12,15H2,1-4H3. The molecule has 34 heavy (non-hydrogen) atoms. The molecule has 2 aromatic carbocycles. The largest absolute Gasteiger partial charge is 0.490 e. The Morgan fingerprint density at radius 3 is 2.47 bits per heavy atom. The van der Waals surface area contributed by atoms with Crippen LogP contribution in [0.1, 0.15) is 41.0 Å². The minimum absolute atomic E-state index is 0.225. The Kier molecular flexibility index (Phi) is 9.05. The third-order valence-electron chi connectivity index (χ3n) is 5.33. The second-order valence-corrected chi connectivity index (χ2v) is 9.40. The van der Waals surface area contributed by atoms with Gasteiger partial charge in [-0.3, -0.25) is 0 Å². The maximum Gasteiger partial charge on any atom is 0.341 e. The van der Waals surface area contributed by atoms with Crippen molar-refractivity contribution in [3.63, 3.8) is 0 Å². The minimum Gasteiger partial charge on any atom is -0.490 e. The third-order valence-corrected chi connectivity index (χ3v) is 6.33. The fourth-order valence-electron chi connectivity index (χ4n) is 3.35. The second-order valence-electron chi connectivity index (χ2n) is 7.84. The number of carbonyl (C=O) groups excluding carboxylic acids is 1. The van der Waals surface area contributed by atoms with Gasteiger partial charge in [-0.1, -0.05) is 49.3 Å². The molecule has 0 amide bonds. The molecule has 3 aromatic rings. The van der Waals surface area contributed by atoms with Crippen molar-refractivity contribution in [1.82, 2.24) is 9.97 Å². The number of benzene rings is 2. The number of ether oxygens (including phenoxy) is 3. The van der Waals surface area contributed by atoms with E-state index in [1.165, 1.54) is 18.9 Å². The summed E-state index contributed by atoms with van der Waals surface area (Å²) in [6.45, 7) is 4.68. The Balaban J connectivity index is 1.83. The van der Waals surface area contributed by atoms with Crippen LogP contribution in [0.15, 0.2) is 53.8 Å². The average molecular weight is 521 g/mol. The molecular weight excluding hydrogens is 495 g/mol. The van der Waals surface area contributed by atoms with Crippen LogP contribution in [0.4, 0.5) is 0 Å². The van der Waals surface area contributed by atoms with Crippen molar-refractivity contribution in [2.24, 2.45) is 0 Å². The van der Waals surface area contributed by atoms with E-state index in [1.807, 2.05) is 36.6 Å². The monoisotopic (exact) mass is 520 g/mol. The summed E-state index contributed by atoms with van der Waals surface area (Å²) in [4.78, 5) is 21.0. The van der Waals surface area contributed by atoms with E-state index in [2.05, 4.69) is 23.8 Å². The Hall–Kier alpha value is -2.48. The first kappa shape index (κ1) is 26.1. The Morgan fingerprint density at radius 2 is 1.82 bits per heavy atom. The molecule has 1 aromatic heterocycles. The molecule has 6 nitrogen and oxygen atoms in total. The van der Waals surface area contributed by atoms with Gasteiger partial charge in [0.15, 0.2) is 10.9 Å². The van der Waals surface area contributed by atoms with Gasteiger partial charge in [0.2, 0.25) is 0 Å². The molecule has 0 aliphatic rings. The quantitative estimate of drug-likeness (QED) is 0.137. The van der Waals surface area contributed by atoms with Gasteiger partial charge in [-0.15, -0.1) is 11.6 Å². The van der Waals surface area contributed by atoms with E-state index in [4.69, 9.17) is 37.4 Å². The van der Waals surface area contributed by atoms with Crippen LogP contribution >= 0.6 is 35.0 Å². The number of thioether (sulfide) groups is 1. The lowest BCUT2D eigenvalue weighted by Crippen LogP contribution is -2.20. The minimum atomic E-state index is -0.526. The van der Waals surface area contributed by atoms with Gasteiger partial charge < -0.3 is 14.2 Å². The number of hydrogen-bond donors (Lipinski definition) is 0. The second kappa shape index (κ2) is 11.8. The van der Waals surface area contributed by atoms with Crippen molar-refractivity contribution < 1.29 is 19.0 Å². The number of alkyl halides is 1. The predicted molar refractivity (Wildman–Crippen MR) is 136 cm³/mol. The fourth-order valence-corrected chi connectivity index (χ4v) is 4.08. The molecule has 0 bridgehead atoms. The molecule has 0 saturated heterocycles. The molecule has 0 unspecified atom stereocenters. The van der Waals surface area contributed by atoms with Gasteiger partial charge in [-0.25, -0.2) is 14.8 Å². The summed E-state index contributed by atoms with van der Waals surface area (Å²) in [6, 6.07) is 13.2. The number of rotatable bonds is 10. The molecule has 1 heterocycles. The zero-order valence-corrected chi connectivity index (χ0v) is 21.8. The lowest BCUT2D eigenvalue weighted by molar-refractivity contribution is 0.0596. The van der Waals surface area contributed by atoms with Gasteiger partial charge in [-0.2, -0.15) is 0 Å². The van der Waals surface area contributed by atoms with E-state index in [0.29, 0.717) is 16.8 Å². The van der Waals surface area contributed by atoms with E-state index >= 15 is 0 Å². The van der Waals surface area contributed by atoms with E-state index < -0.39 is 11.4 Å². The zero-order valence-electron chi connectivity index (χ0n) is 19.4. The maximum atomic E-state index is 12.4. The highest BCUT2D eigenvalue weighted by Crippen LogP contribution is 2.39. The molecule has 180 valence electrons. The molecule has 0 N–H and O–H groups in total. The summed E-state index contributed by atoms with van der Waals surface area (Å²) in [5.41, 5.74) is 2.47. The van der Waals surface area contributed by atoms with Crippen LogP contribution in [0.25, 0.3) is 0 Å². The number of nitrogens with zero attached hydrogens (tertiary/aromatic N) is 2. The van der Waals surface area contributed by atoms with Gasteiger partial charge in [0.1, 0.15) is 24.5 Å². The Labute approximate surface area is 214 Å². The molecule has 0 saturated carbocycles. The third kappa shape index (κ3) is 6.14. The number of aromatic nitrogens is 2. The first-order valence-electron chi connectivity index (χ1n) is 10.5. The van der Waals surface area contributed by atoms with Gasteiger partial charge in [0.25, 0.3) is 0 Å². The highest BCUT2D eigenvalue weighted by Gasteiger charge is 2.28. The molecule has 0 spiro atoms. The van der Waals surface area contributed by atoms with E-state index in [9.17, 15) is 4.79 Å². The Morgan fingerprint density at radius 1 is 1.09 bits per heavy atom. The van der Waals surface area contributed by atoms with Crippen LogP contribution < -0.4 is 9.47 Å². The Bertz CT molecular complexity index is 1140. The van der Waals surface area contributed by atoms with Crippen LogP contribution in [-0.2, 0) is 16.8 Å². The smallest absolute Gasteiger partial charge is 0.341 e. The number of esters is 1. The van der Waals surface area contributed by atoms with Crippen LogP contribution in [0.5, 0.6) is 11.5 Å². The molecule has 0 aliphatic carbocycles. The van der Waals surface area contributed by atoms with Gasteiger partial charge in [-0.05, 0) is 47.7 Å². The van der Waals surface area contributed by atoms with Crippen molar-refractivity contribution in [1.29, 1.82) is 0 Å². The van der Waals surface area contributed by atoms with Crippen LogP contribution in [0.3, 0.4) is 0 Å². The van der Waals surface area contributed by atoms with E-state index in [1.54, 1.807) is 18.3 Å². The van der Waals surface area contributed by atoms with E-state index in [-0.39, 0.29) is 23.8 Å². The molecule has 0 fully saturated rings. The molecule has 0 atom stereocenters. The average Bonchev–Trinajstić information content (AvgIpc) is 2.86. The molecule has 3 rings (SSSR count). The predicted octanol–water partition coefficient (Wildman–Crippen LogP) is 6.16. The molecule has 0 radical (unpaired) electrons. The molecule has 9 heteroatoms. The maximum absolute atomic E-state index is 12.4. The van der Waals surface area contributed by atoms with Gasteiger partial charge >= 0.3 is 5.97 Å². The lowest BCUT2D eigenvalue weighted by atomic mass is 9.77. The van der Waals surface area contributed by atoms with Gasteiger partial charge in [0.05, 0.1) is 23.7 Å². The topological polar surface area (TPSA) is 70.5 Å². The first-order valence-corrected chi connectivity index (χ1v) is 12.6. The van der Waals surface area contributed by atoms with Crippen molar-refractivity contribution in [2.45, 2.75) is 31.0 Å². The van der Waals surface area contributed by atoms with Crippen molar-refractivity contribution in [3.8, 4) is 11.5 Å². The lowest BCUT2D eigenvalue weighted by Gasteiger charge is -2.27. The van der Waals surface area contributed by atoms with E-state index in [0.717, 1.165) is 22.6 Å². The van der Waals surface area contributed by atoms with Crippen molar-refractivity contribution in [2.75, 3.05) is 25.9 Å². The van der Waals surface area contributed by atoms with Crippen molar-refractivity contribution >= 4 is 40.9 Å². The summed E-state index contributed by atoms with van der Waals surface area (Å²) in [6.07, 6.45) is 3.66. The number of methoxy groups -OCH3 is 1. The summed E-state index contributed by atoms with van der Waals surface area (Å²) in [7, 11) is 1.32.